The average Bonchev–Trinajstić information content (AvgIpc) is 3.09. The van der Waals surface area contributed by atoms with Crippen LogP contribution in [-0.2, 0) is 11.3 Å². The van der Waals surface area contributed by atoms with E-state index in [9.17, 15) is 4.79 Å². The van der Waals surface area contributed by atoms with Crippen LogP contribution in [0.15, 0.2) is 6.20 Å². The van der Waals surface area contributed by atoms with E-state index in [0.717, 1.165) is 12.8 Å². The highest BCUT2D eigenvalue weighted by molar-refractivity contribution is 5.92. The zero-order chi connectivity index (χ0) is 13.0. The Balaban J connectivity index is 2.01. The van der Waals surface area contributed by atoms with Crippen molar-refractivity contribution in [3.63, 3.8) is 0 Å². The molecular formula is C11H19N5O2. The van der Waals surface area contributed by atoms with Crippen molar-refractivity contribution in [2.75, 3.05) is 26.8 Å². The highest BCUT2D eigenvalue weighted by Gasteiger charge is 2.33. The third-order valence-corrected chi connectivity index (χ3v) is 2.90. The molecule has 0 bridgehead atoms. The van der Waals surface area contributed by atoms with Crippen molar-refractivity contribution in [2.45, 2.75) is 25.4 Å². The smallest absolute Gasteiger partial charge is 0.276 e. The molecule has 2 rings (SSSR count). The summed E-state index contributed by atoms with van der Waals surface area (Å²) >= 11 is 0. The molecule has 100 valence electrons. The van der Waals surface area contributed by atoms with Gasteiger partial charge >= 0.3 is 0 Å². The minimum atomic E-state index is -0.0715. The molecule has 0 aliphatic heterocycles. The van der Waals surface area contributed by atoms with Gasteiger partial charge in [0.1, 0.15) is 0 Å². The van der Waals surface area contributed by atoms with Gasteiger partial charge in [-0.25, -0.2) is 0 Å². The minimum absolute atomic E-state index is 0.0715. The van der Waals surface area contributed by atoms with Crippen LogP contribution in [0.3, 0.4) is 0 Å². The number of hydrogen-bond acceptors (Lipinski definition) is 5. The molecule has 0 saturated heterocycles. The number of nitrogens with zero attached hydrogens (tertiary/aromatic N) is 4. The fourth-order valence-corrected chi connectivity index (χ4v) is 1.81. The molecule has 0 spiro atoms. The second kappa shape index (κ2) is 5.92. The molecule has 1 aromatic heterocycles. The van der Waals surface area contributed by atoms with Crippen LogP contribution in [0, 0.1) is 0 Å². The van der Waals surface area contributed by atoms with E-state index in [1.165, 1.54) is 0 Å². The maximum Gasteiger partial charge on any atom is 0.276 e. The number of amides is 1. The van der Waals surface area contributed by atoms with E-state index < -0.39 is 0 Å². The van der Waals surface area contributed by atoms with Crippen LogP contribution in [0.5, 0.6) is 0 Å². The molecule has 0 unspecified atom stereocenters. The van der Waals surface area contributed by atoms with Crippen LogP contribution in [0.2, 0.25) is 0 Å². The summed E-state index contributed by atoms with van der Waals surface area (Å²) in [5.74, 6) is -0.0715. The topological polar surface area (TPSA) is 86.3 Å². The molecule has 1 saturated carbocycles. The molecule has 1 amide bonds. The molecule has 0 atom stereocenters. The fourth-order valence-electron chi connectivity index (χ4n) is 1.81. The zero-order valence-electron chi connectivity index (χ0n) is 10.6. The first-order valence-electron chi connectivity index (χ1n) is 6.16. The lowest BCUT2D eigenvalue weighted by atomic mass is 10.3. The molecule has 7 heteroatoms. The van der Waals surface area contributed by atoms with Crippen molar-refractivity contribution >= 4 is 5.91 Å². The molecule has 0 aromatic carbocycles. The van der Waals surface area contributed by atoms with Crippen LogP contribution >= 0.6 is 0 Å². The number of ether oxygens (including phenoxy) is 1. The van der Waals surface area contributed by atoms with Gasteiger partial charge in [0.15, 0.2) is 5.69 Å². The van der Waals surface area contributed by atoms with Crippen LogP contribution < -0.4 is 5.73 Å². The Hall–Kier alpha value is -1.47. The summed E-state index contributed by atoms with van der Waals surface area (Å²) in [5, 5.41) is 7.78. The van der Waals surface area contributed by atoms with Crippen molar-refractivity contribution in [2.24, 2.45) is 5.73 Å². The quantitative estimate of drug-likeness (QED) is 0.707. The third-order valence-electron chi connectivity index (χ3n) is 2.90. The second-order valence-electron chi connectivity index (χ2n) is 4.38. The summed E-state index contributed by atoms with van der Waals surface area (Å²) < 4.78 is 6.62. The van der Waals surface area contributed by atoms with Crippen molar-refractivity contribution in [1.82, 2.24) is 19.9 Å². The minimum Gasteiger partial charge on any atom is -0.383 e. The molecule has 1 heterocycles. The van der Waals surface area contributed by atoms with Crippen LogP contribution in [0.1, 0.15) is 23.3 Å². The number of nitrogens with two attached hydrogens (primary N) is 1. The summed E-state index contributed by atoms with van der Waals surface area (Å²) in [6.45, 7) is 2.19. The van der Waals surface area contributed by atoms with Gasteiger partial charge in [0.05, 0.1) is 19.3 Å². The standard InChI is InChI=1S/C11H19N5O2/c1-18-7-6-16(9-2-3-9)11(17)10-8-15(5-4-12)14-13-10/h8-9H,2-7,12H2,1H3. The predicted molar refractivity (Wildman–Crippen MR) is 65.0 cm³/mol. The second-order valence-corrected chi connectivity index (χ2v) is 4.38. The first-order chi connectivity index (χ1) is 8.76. The van der Waals surface area contributed by atoms with E-state index in [-0.39, 0.29) is 5.91 Å². The largest absolute Gasteiger partial charge is 0.383 e. The maximum absolute atomic E-state index is 12.3. The Labute approximate surface area is 106 Å². The van der Waals surface area contributed by atoms with E-state index in [0.29, 0.717) is 38.0 Å². The molecule has 0 radical (unpaired) electrons. The average molecular weight is 253 g/mol. The summed E-state index contributed by atoms with van der Waals surface area (Å²) in [7, 11) is 1.63. The Morgan fingerprint density at radius 1 is 1.67 bits per heavy atom. The van der Waals surface area contributed by atoms with Gasteiger partial charge in [0.25, 0.3) is 5.91 Å². The van der Waals surface area contributed by atoms with E-state index >= 15 is 0 Å². The van der Waals surface area contributed by atoms with Gasteiger partial charge in [-0.3, -0.25) is 9.48 Å². The number of carbonyl (C=O) groups is 1. The van der Waals surface area contributed by atoms with Crippen LogP contribution in [-0.4, -0.2) is 58.6 Å². The Bertz CT molecular complexity index is 402. The number of methoxy groups -OCH3 is 1. The Morgan fingerprint density at radius 2 is 2.44 bits per heavy atom. The van der Waals surface area contributed by atoms with Crippen molar-refractivity contribution in [3.8, 4) is 0 Å². The molecule has 7 nitrogen and oxygen atoms in total. The first-order valence-corrected chi connectivity index (χ1v) is 6.16. The highest BCUT2D eigenvalue weighted by Crippen LogP contribution is 2.27. The van der Waals surface area contributed by atoms with Gasteiger partial charge in [0.2, 0.25) is 0 Å². The molecule has 1 aliphatic rings. The monoisotopic (exact) mass is 253 g/mol. The highest BCUT2D eigenvalue weighted by atomic mass is 16.5. The van der Waals surface area contributed by atoms with Gasteiger partial charge in [-0.1, -0.05) is 5.21 Å². The summed E-state index contributed by atoms with van der Waals surface area (Å²) in [5.41, 5.74) is 5.81. The predicted octanol–water partition coefficient (Wildman–Crippen LogP) is -0.512. The molecule has 2 N–H and O–H groups in total. The van der Waals surface area contributed by atoms with Gasteiger partial charge < -0.3 is 15.4 Å². The van der Waals surface area contributed by atoms with E-state index in [4.69, 9.17) is 10.5 Å². The summed E-state index contributed by atoms with van der Waals surface area (Å²) in [4.78, 5) is 14.1. The van der Waals surface area contributed by atoms with E-state index in [1.54, 1.807) is 18.0 Å². The summed E-state index contributed by atoms with van der Waals surface area (Å²) in [6, 6.07) is 0.340. The fraction of sp³-hybridized carbons (Fsp3) is 0.727. The van der Waals surface area contributed by atoms with Gasteiger partial charge in [-0.05, 0) is 12.8 Å². The van der Waals surface area contributed by atoms with Crippen molar-refractivity contribution < 1.29 is 9.53 Å². The molecule has 18 heavy (non-hydrogen) atoms. The zero-order valence-corrected chi connectivity index (χ0v) is 10.6. The number of hydrogen-bond donors (Lipinski definition) is 1. The SMILES string of the molecule is COCCN(C(=O)c1cn(CCN)nn1)C1CC1. The molecule has 1 aromatic rings. The normalized spacial score (nSPS) is 14.8. The first kappa shape index (κ1) is 13.0. The van der Waals surface area contributed by atoms with E-state index in [1.807, 2.05) is 4.90 Å². The number of aromatic nitrogens is 3. The third kappa shape index (κ3) is 3.05. The van der Waals surface area contributed by atoms with Crippen LogP contribution in [0.25, 0.3) is 0 Å². The van der Waals surface area contributed by atoms with Gasteiger partial charge in [0, 0.05) is 26.2 Å². The van der Waals surface area contributed by atoms with Gasteiger partial charge in [-0.2, -0.15) is 0 Å². The lowest BCUT2D eigenvalue weighted by Crippen LogP contribution is -2.36. The lowest BCUT2D eigenvalue weighted by molar-refractivity contribution is 0.0674. The Kier molecular flexibility index (Phi) is 4.27. The van der Waals surface area contributed by atoms with Crippen molar-refractivity contribution in [1.29, 1.82) is 0 Å². The van der Waals surface area contributed by atoms with E-state index in [2.05, 4.69) is 10.3 Å². The number of carbonyl (C=O) groups excluding carboxylic acids is 1. The molecule has 1 fully saturated rings. The van der Waals surface area contributed by atoms with Crippen LogP contribution in [0.4, 0.5) is 0 Å². The van der Waals surface area contributed by atoms with Crippen molar-refractivity contribution in [3.05, 3.63) is 11.9 Å². The maximum atomic E-state index is 12.3. The molecular weight excluding hydrogens is 234 g/mol. The molecule has 1 aliphatic carbocycles. The van der Waals surface area contributed by atoms with Gasteiger partial charge in [-0.15, -0.1) is 5.10 Å². The Morgan fingerprint density at radius 3 is 3.06 bits per heavy atom. The lowest BCUT2D eigenvalue weighted by Gasteiger charge is -2.20. The summed E-state index contributed by atoms with van der Waals surface area (Å²) in [6.07, 6.45) is 3.77. The number of rotatable bonds is 7.